The Balaban J connectivity index is 2.05. The van der Waals surface area contributed by atoms with Crippen LogP contribution in [0.4, 0.5) is 0 Å². The predicted molar refractivity (Wildman–Crippen MR) is 84.1 cm³/mol. The van der Waals surface area contributed by atoms with E-state index in [4.69, 9.17) is 0 Å². The summed E-state index contributed by atoms with van der Waals surface area (Å²) >= 11 is 1.65. The van der Waals surface area contributed by atoms with E-state index in [0.717, 1.165) is 39.9 Å². The van der Waals surface area contributed by atoms with Crippen molar-refractivity contribution in [2.45, 2.75) is 46.6 Å². The molecule has 108 valence electrons. The Hall–Kier alpha value is -1.33. The van der Waals surface area contributed by atoms with Gasteiger partial charge in [0.2, 0.25) is 0 Å². The number of hydrogen-bond acceptors (Lipinski definition) is 5. The van der Waals surface area contributed by atoms with Gasteiger partial charge in [-0.1, -0.05) is 11.3 Å². The Morgan fingerprint density at radius 1 is 1.15 bits per heavy atom. The molecule has 0 saturated carbocycles. The average molecular weight is 290 g/mol. The first-order valence-electron chi connectivity index (χ1n) is 6.87. The van der Waals surface area contributed by atoms with Gasteiger partial charge in [0.1, 0.15) is 10.0 Å². The highest BCUT2D eigenvalue weighted by Crippen LogP contribution is 2.25. The van der Waals surface area contributed by atoms with E-state index < -0.39 is 0 Å². The molecule has 0 atom stereocenters. The molecule has 0 bridgehead atoms. The molecule has 0 fully saturated rings. The summed E-state index contributed by atoms with van der Waals surface area (Å²) in [4.78, 5) is 4.48. The van der Waals surface area contributed by atoms with E-state index in [9.17, 15) is 0 Å². The Kier molecular flexibility index (Phi) is 4.50. The highest BCUT2D eigenvalue weighted by molar-refractivity contribution is 7.14. The Morgan fingerprint density at radius 2 is 1.90 bits per heavy atom. The van der Waals surface area contributed by atoms with Crippen molar-refractivity contribution in [3.8, 4) is 10.6 Å². The number of hydrogen-bond donors (Lipinski definition) is 1. The quantitative estimate of drug-likeness (QED) is 0.940. The molecule has 0 aliphatic rings. The lowest BCUT2D eigenvalue weighted by atomic mass is 10.1. The number of aryl methyl sites for hydroxylation is 2. The Bertz CT molecular complexity index is 584. The first-order valence-corrected chi connectivity index (χ1v) is 7.69. The summed E-state index contributed by atoms with van der Waals surface area (Å²) in [5.41, 5.74) is 3.28. The fourth-order valence-corrected chi connectivity index (χ4v) is 2.84. The van der Waals surface area contributed by atoms with Crippen LogP contribution in [-0.2, 0) is 6.42 Å². The van der Waals surface area contributed by atoms with Crippen molar-refractivity contribution in [3.05, 3.63) is 28.5 Å². The van der Waals surface area contributed by atoms with Crippen molar-refractivity contribution in [1.82, 2.24) is 20.5 Å². The number of pyridine rings is 1. The fraction of sp³-hybridized carbons (Fsp3) is 0.533. The zero-order chi connectivity index (χ0) is 14.8. The van der Waals surface area contributed by atoms with Crippen LogP contribution in [0, 0.1) is 13.8 Å². The molecule has 0 spiro atoms. The minimum absolute atomic E-state index is 0.144. The van der Waals surface area contributed by atoms with Gasteiger partial charge >= 0.3 is 0 Å². The van der Waals surface area contributed by atoms with Crippen LogP contribution >= 0.6 is 11.3 Å². The maximum Gasteiger partial charge on any atom is 0.149 e. The third kappa shape index (κ3) is 4.08. The largest absolute Gasteiger partial charge is 0.312 e. The second-order valence-corrected chi connectivity index (χ2v) is 7.08. The average Bonchev–Trinajstić information content (AvgIpc) is 2.75. The van der Waals surface area contributed by atoms with Gasteiger partial charge in [-0.25, -0.2) is 0 Å². The minimum Gasteiger partial charge on any atom is -0.312 e. The first kappa shape index (κ1) is 15.1. The molecule has 0 aromatic carbocycles. The summed E-state index contributed by atoms with van der Waals surface area (Å²) in [7, 11) is 0. The van der Waals surface area contributed by atoms with Crippen LogP contribution in [0.2, 0.25) is 0 Å². The molecule has 0 unspecified atom stereocenters. The van der Waals surface area contributed by atoms with E-state index in [0.29, 0.717) is 0 Å². The molecule has 2 aromatic heterocycles. The van der Waals surface area contributed by atoms with Crippen LogP contribution in [0.5, 0.6) is 0 Å². The molecule has 2 rings (SSSR count). The van der Waals surface area contributed by atoms with E-state index in [1.165, 1.54) is 0 Å². The maximum atomic E-state index is 4.48. The van der Waals surface area contributed by atoms with Crippen LogP contribution in [0.25, 0.3) is 10.6 Å². The first-order chi connectivity index (χ1) is 9.35. The van der Waals surface area contributed by atoms with Crippen molar-refractivity contribution >= 4 is 11.3 Å². The molecule has 2 heterocycles. The summed E-state index contributed by atoms with van der Waals surface area (Å²) < 4.78 is 0. The number of rotatable bonds is 4. The Morgan fingerprint density at radius 3 is 2.55 bits per heavy atom. The third-order valence-electron chi connectivity index (χ3n) is 2.92. The molecule has 0 radical (unpaired) electrons. The van der Waals surface area contributed by atoms with Gasteiger partial charge in [-0.15, -0.1) is 10.2 Å². The van der Waals surface area contributed by atoms with Crippen LogP contribution in [0.1, 0.15) is 37.2 Å². The minimum atomic E-state index is 0.144. The predicted octanol–water partition coefficient (Wildman–Crippen LogP) is 3.15. The molecule has 20 heavy (non-hydrogen) atoms. The summed E-state index contributed by atoms with van der Waals surface area (Å²) in [5.74, 6) is 0. The smallest absolute Gasteiger partial charge is 0.149 e. The molecule has 5 heteroatoms. The SMILES string of the molecule is Cc1ccc(-c2nnc(CCNC(C)(C)C)s2)c(C)n1. The van der Waals surface area contributed by atoms with Crippen molar-refractivity contribution < 1.29 is 0 Å². The van der Waals surface area contributed by atoms with Gasteiger partial charge in [-0.2, -0.15) is 0 Å². The van der Waals surface area contributed by atoms with Crippen LogP contribution in [0.3, 0.4) is 0 Å². The van der Waals surface area contributed by atoms with Gasteiger partial charge in [0, 0.05) is 35.5 Å². The maximum absolute atomic E-state index is 4.48. The molecule has 0 amide bonds. The number of nitrogens with one attached hydrogen (secondary N) is 1. The van der Waals surface area contributed by atoms with Crippen molar-refractivity contribution in [2.24, 2.45) is 0 Å². The van der Waals surface area contributed by atoms with Crippen LogP contribution in [-0.4, -0.2) is 27.3 Å². The zero-order valence-electron chi connectivity index (χ0n) is 12.8. The fourth-order valence-electron chi connectivity index (χ4n) is 1.92. The number of nitrogens with zero attached hydrogens (tertiary/aromatic N) is 3. The van der Waals surface area contributed by atoms with Gasteiger partial charge in [0.05, 0.1) is 0 Å². The van der Waals surface area contributed by atoms with Gasteiger partial charge in [0.25, 0.3) is 0 Å². The van der Waals surface area contributed by atoms with E-state index in [-0.39, 0.29) is 5.54 Å². The third-order valence-corrected chi connectivity index (χ3v) is 3.93. The van der Waals surface area contributed by atoms with Crippen molar-refractivity contribution in [3.63, 3.8) is 0 Å². The normalized spacial score (nSPS) is 11.8. The molecule has 2 aromatic rings. The topological polar surface area (TPSA) is 50.7 Å². The van der Waals surface area contributed by atoms with E-state index >= 15 is 0 Å². The molecule has 0 aliphatic heterocycles. The lowest BCUT2D eigenvalue weighted by Gasteiger charge is -2.19. The van der Waals surface area contributed by atoms with Gasteiger partial charge in [-0.3, -0.25) is 4.98 Å². The standard InChI is InChI=1S/C15H22N4S/c1-10-6-7-12(11(2)17-10)14-19-18-13(20-14)8-9-16-15(3,4)5/h6-7,16H,8-9H2,1-5H3. The summed E-state index contributed by atoms with van der Waals surface area (Å²) in [6, 6.07) is 4.10. The van der Waals surface area contributed by atoms with Crippen LogP contribution < -0.4 is 5.32 Å². The van der Waals surface area contributed by atoms with E-state index in [1.54, 1.807) is 11.3 Å². The molecule has 1 N–H and O–H groups in total. The van der Waals surface area contributed by atoms with Crippen molar-refractivity contribution in [1.29, 1.82) is 0 Å². The molecule has 0 aliphatic carbocycles. The van der Waals surface area contributed by atoms with E-state index in [1.807, 2.05) is 19.9 Å². The number of aromatic nitrogens is 3. The second kappa shape index (κ2) is 5.97. The second-order valence-electron chi connectivity index (χ2n) is 6.01. The molecular weight excluding hydrogens is 268 g/mol. The van der Waals surface area contributed by atoms with Gasteiger partial charge < -0.3 is 5.32 Å². The van der Waals surface area contributed by atoms with Crippen LogP contribution in [0.15, 0.2) is 12.1 Å². The monoisotopic (exact) mass is 290 g/mol. The van der Waals surface area contributed by atoms with Gasteiger partial charge in [0.15, 0.2) is 0 Å². The highest BCUT2D eigenvalue weighted by Gasteiger charge is 2.12. The lowest BCUT2D eigenvalue weighted by Crippen LogP contribution is -2.37. The Labute approximate surface area is 124 Å². The molecule has 0 saturated heterocycles. The van der Waals surface area contributed by atoms with Crippen molar-refractivity contribution in [2.75, 3.05) is 6.54 Å². The van der Waals surface area contributed by atoms with E-state index in [2.05, 4.69) is 47.3 Å². The lowest BCUT2D eigenvalue weighted by molar-refractivity contribution is 0.429. The van der Waals surface area contributed by atoms with Gasteiger partial charge in [-0.05, 0) is 46.8 Å². The summed E-state index contributed by atoms with van der Waals surface area (Å²) in [6.45, 7) is 11.4. The summed E-state index contributed by atoms with van der Waals surface area (Å²) in [6.07, 6.45) is 0.910. The summed E-state index contributed by atoms with van der Waals surface area (Å²) in [5, 5.41) is 14.1. The highest BCUT2D eigenvalue weighted by atomic mass is 32.1. The molecule has 4 nitrogen and oxygen atoms in total. The molecular formula is C15H22N4S. The zero-order valence-corrected chi connectivity index (χ0v) is 13.6.